The summed E-state index contributed by atoms with van der Waals surface area (Å²) in [5, 5.41) is 12.6. The maximum absolute atomic E-state index is 11.6. The van der Waals surface area contributed by atoms with Gasteiger partial charge in [-0.25, -0.2) is 4.98 Å². The van der Waals surface area contributed by atoms with Crippen molar-refractivity contribution in [3.05, 3.63) is 71.4 Å². The van der Waals surface area contributed by atoms with Gasteiger partial charge in [0.05, 0.1) is 7.11 Å². The summed E-state index contributed by atoms with van der Waals surface area (Å²) in [6, 6.07) is 16.0. The molecule has 1 atom stereocenters. The number of aliphatic carboxylic acids is 1. The summed E-state index contributed by atoms with van der Waals surface area (Å²) < 4.78 is 11.3. The van der Waals surface area contributed by atoms with Crippen LogP contribution < -0.4 is 14.8 Å². The first-order valence-electron chi connectivity index (χ1n) is 10.9. The molecule has 0 unspecified atom stereocenters. The van der Waals surface area contributed by atoms with Crippen LogP contribution in [0.25, 0.3) is 11.1 Å². The topological polar surface area (TPSA) is 96.8 Å². The minimum Gasteiger partial charge on any atom is -0.481 e. The number of piperazine rings is 1. The molecule has 8 nitrogen and oxygen atoms in total. The zero-order valence-corrected chi connectivity index (χ0v) is 18.8. The van der Waals surface area contributed by atoms with Gasteiger partial charge in [-0.1, -0.05) is 48.5 Å². The lowest BCUT2D eigenvalue weighted by Gasteiger charge is -2.33. The van der Waals surface area contributed by atoms with Crippen molar-refractivity contribution < 1.29 is 19.4 Å². The molecule has 1 aromatic heterocycles. The van der Waals surface area contributed by atoms with E-state index in [4.69, 9.17) is 9.47 Å². The Labute approximate surface area is 193 Å². The molecule has 1 fully saturated rings. The van der Waals surface area contributed by atoms with E-state index in [1.165, 1.54) is 7.11 Å². The molecule has 33 heavy (non-hydrogen) atoms. The van der Waals surface area contributed by atoms with Crippen molar-refractivity contribution in [3.63, 3.8) is 0 Å². The molecule has 2 aromatic carbocycles. The lowest BCUT2D eigenvalue weighted by molar-refractivity contribution is -0.144. The summed E-state index contributed by atoms with van der Waals surface area (Å²) in [6.45, 7) is 4.55. The average molecular weight is 449 g/mol. The van der Waals surface area contributed by atoms with Crippen molar-refractivity contribution in [1.29, 1.82) is 0 Å². The van der Waals surface area contributed by atoms with Gasteiger partial charge in [-0.05, 0) is 29.2 Å². The Morgan fingerprint density at radius 1 is 1.18 bits per heavy atom. The third-order valence-corrected chi connectivity index (χ3v) is 5.90. The number of hydrogen-bond donors (Lipinski definition) is 2. The third-order valence-electron chi connectivity index (χ3n) is 5.90. The lowest BCUT2D eigenvalue weighted by atomic mass is 9.97. The predicted octanol–water partition coefficient (Wildman–Crippen LogP) is 2.90. The van der Waals surface area contributed by atoms with Crippen molar-refractivity contribution in [2.45, 2.75) is 26.1 Å². The van der Waals surface area contributed by atoms with Gasteiger partial charge in [0.15, 0.2) is 0 Å². The fourth-order valence-electron chi connectivity index (χ4n) is 4.04. The van der Waals surface area contributed by atoms with Gasteiger partial charge in [0.1, 0.15) is 12.6 Å². The number of benzene rings is 2. The van der Waals surface area contributed by atoms with E-state index in [2.05, 4.69) is 40.4 Å². The molecule has 1 saturated heterocycles. The Morgan fingerprint density at radius 2 is 2.00 bits per heavy atom. The van der Waals surface area contributed by atoms with E-state index < -0.39 is 12.0 Å². The van der Waals surface area contributed by atoms with Crippen LogP contribution in [0.1, 0.15) is 16.7 Å². The first kappa shape index (κ1) is 22.7. The van der Waals surface area contributed by atoms with Gasteiger partial charge < -0.3 is 19.9 Å². The molecule has 0 saturated carbocycles. The molecule has 8 heteroatoms. The Morgan fingerprint density at radius 3 is 2.76 bits per heavy atom. The first-order chi connectivity index (χ1) is 16.1. The standard InChI is InChI=1S/C25H28N4O4/c1-17-19(9-6-10-21(17)18-7-4-3-5-8-18)16-33-25-27-13-20(23(28-25)32-2)15-29-12-11-26-14-22(29)24(30)31/h3-10,13,22,26H,11-12,14-16H2,1-2H3,(H,30,31)/t22-/m0/s1. The van der Waals surface area contributed by atoms with Crippen molar-refractivity contribution >= 4 is 5.97 Å². The second kappa shape index (κ2) is 10.4. The third kappa shape index (κ3) is 5.30. The van der Waals surface area contributed by atoms with E-state index >= 15 is 0 Å². The predicted molar refractivity (Wildman–Crippen MR) is 124 cm³/mol. The molecule has 1 aliphatic rings. The highest BCUT2D eigenvalue weighted by Gasteiger charge is 2.29. The fraction of sp³-hybridized carbons (Fsp3) is 0.320. The quantitative estimate of drug-likeness (QED) is 0.543. The number of nitrogens with one attached hydrogen (secondary N) is 1. The molecule has 0 spiro atoms. The lowest BCUT2D eigenvalue weighted by Crippen LogP contribution is -2.54. The van der Waals surface area contributed by atoms with Gasteiger partial charge in [0, 0.05) is 37.9 Å². The molecule has 0 bridgehead atoms. The highest BCUT2D eigenvalue weighted by Crippen LogP contribution is 2.27. The summed E-state index contributed by atoms with van der Waals surface area (Å²) >= 11 is 0. The monoisotopic (exact) mass is 448 g/mol. The van der Waals surface area contributed by atoms with Crippen LogP contribution in [0.2, 0.25) is 0 Å². The van der Waals surface area contributed by atoms with E-state index in [0.717, 1.165) is 34.4 Å². The molecule has 0 radical (unpaired) electrons. The summed E-state index contributed by atoms with van der Waals surface area (Å²) in [4.78, 5) is 22.2. The molecule has 0 amide bonds. The van der Waals surface area contributed by atoms with Gasteiger partial charge in [-0.15, -0.1) is 0 Å². The minimum atomic E-state index is -0.852. The number of hydrogen-bond acceptors (Lipinski definition) is 7. The van der Waals surface area contributed by atoms with Crippen molar-refractivity contribution in [1.82, 2.24) is 20.2 Å². The van der Waals surface area contributed by atoms with Gasteiger partial charge in [-0.3, -0.25) is 9.69 Å². The molecular weight excluding hydrogens is 420 g/mol. The van der Waals surface area contributed by atoms with Crippen LogP contribution in [0.4, 0.5) is 0 Å². The summed E-state index contributed by atoms with van der Waals surface area (Å²) in [7, 11) is 1.54. The Bertz CT molecular complexity index is 1110. The van der Waals surface area contributed by atoms with Crippen LogP contribution in [0.3, 0.4) is 0 Å². The summed E-state index contributed by atoms with van der Waals surface area (Å²) in [6.07, 6.45) is 1.65. The molecule has 172 valence electrons. The highest BCUT2D eigenvalue weighted by atomic mass is 16.5. The zero-order chi connectivity index (χ0) is 23.2. The smallest absolute Gasteiger partial charge is 0.322 e. The summed E-state index contributed by atoms with van der Waals surface area (Å²) in [5.41, 5.74) is 5.24. The Hall–Kier alpha value is -3.49. The van der Waals surface area contributed by atoms with Gasteiger partial charge in [0.2, 0.25) is 5.88 Å². The molecule has 4 rings (SSSR count). The minimum absolute atomic E-state index is 0.218. The SMILES string of the molecule is COc1nc(OCc2cccc(-c3ccccc3)c2C)ncc1CN1CCNC[C@H]1C(=O)O. The second-order valence-corrected chi connectivity index (χ2v) is 7.96. The highest BCUT2D eigenvalue weighted by molar-refractivity contribution is 5.74. The van der Waals surface area contributed by atoms with E-state index in [-0.39, 0.29) is 6.01 Å². The first-order valence-corrected chi connectivity index (χ1v) is 10.9. The van der Waals surface area contributed by atoms with Crippen LogP contribution in [0.15, 0.2) is 54.7 Å². The van der Waals surface area contributed by atoms with E-state index in [1.807, 2.05) is 35.2 Å². The summed E-state index contributed by atoms with van der Waals surface area (Å²) in [5.74, 6) is -0.465. The molecule has 2 heterocycles. The maximum atomic E-state index is 11.6. The number of carbonyl (C=O) groups is 1. The molecule has 0 aliphatic carbocycles. The molecular formula is C25H28N4O4. The van der Waals surface area contributed by atoms with Crippen molar-refractivity contribution in [2.75, 3.05) is 26.7 Å². The van der Waals surface area contributed by atoms with Gasteiger partial charge in [-0.2, -0.15) is 4.98 Å². The van der Waals surface area contributed by atoms with Crippen molar-refractivity contribution in [3.8, 4) is 23.0 Å². The normalized spacial score (nSPS) is 16.4. The second-order valence-electron chi connectivity index (χ2n) is 7.96. The number of nitrogens with zero attached hydrogens (tertiary/aromatic N) is 3. The van der Waals surface area contributed by atoms with E-state index in [9.17, 15) is 9.90 Å². The Balaban J connectivity index is 1.47. The van der Waals surface area contributed by atoms with Crippen LogP contribution >= 0.6 is 0 Å². The number of rotatable bonds is 8. The average Bonchev–Trinajstić information content (AvgIpc) is 2.85. The van der Waals surface area contributed by atoms with Crippen LogP contribution in [-0.2, 0) is 17.9 Å². The number of carboxylic acids is 1. The largest absolute Gasteiger partial charge is 0.481 e. The van der Waals surface area contributed by atoms with Gasteiger partial charge in [0.25, 0.3) is 0 Å². The van der Waals surface area contributed by atoms with E-state index in [0.29, 0.717) is 32.1 Å². The Kier molecular flexibility index (Phi) is 7.16. The fourth-order valence-corrected chi connectivity index (χ4v) is 4.04. The number of methoxy groups -OCH3 is 1. The van der Waals surface area contributed by atoms with E-state index in [1.54, 1.807) is 6.20 Å². The van der Waals surface area contributed by atoms with Crippen molar-refractivity contribution in [2.24, 2.45) is 0 Å². The number of aromatic nitrogens is 2. The van der Waals surface area contributed by atoms with Crippen LogP contribution in [-0.4, -0.2) is 58.7 Å². The molecule has 2 N–H and O–H groups in total. The number of carboxylic acid groups (broad SMARTS) is 1. The van der Waals surface area contributed by atoms with Crippen LogP contribution in [0, 0.1) is 6.92 Å². The zero-order valence-electron chi connectivity index (χ0n) is 18.8. The molecule has 1 aliphatic heterocycles. The van der Waals surface area contributed by atoms with Gasteiger partial charge >= 0.3 is 12.0 Å². The molecule has 3 aromatic rings. The van der Waals surface area contributed by atoms with Crippen LogP contribution in [0.5, 0.6) is 11.9 Å². The maximum Gasteiger partial charge on any atom is 0.322 e. The number of ether oxygens (including phenoxy) is 2.